The van der Waals surface area contributed by atoms with Crippen molar-refractivity contribution in [3.05, 3.63) is 54.1 Å². The molecule has 1 N–H and O–H groups in total. The minimum atomic E-state index is -0.0841. The monoisotopic (exact) mass is 317 g/mol. The summed E-state index contributed by atoms with van der Waals surface area (Å²) in [7, 11) is 1.61. The Bertz CT molecular complexity index is 631. The Morgan fingerprint density at radius 1 is 1.14 bits per heavy atom. The second-order valence-electron chi connectivity index (χ2n) is 4.48. The van der Waals surface area contributed by atoms with Crippen molar-refractivity contribution in [2.24, 2.45) is 0 Å². The van der Waals surface area contributed by atoms with Gasteiger partial charge in [0.2, 0.25) is 0 Å². The smallest absolute Gasteiger partial charge is 0.252 e. The number of rotatable bonds is 7. The molecule has 1 amide bonds. The van der Waals surface area contributed by atoms with Crippen LogP contribution in [0.4, 0.5) is 0 Å². The third-order valence-electron chi connectivity index (χ3n) is 3.05. The van der Waals surface area contributed by atoms with Gasteiger partial charge in [-0.1, -0.05) is 18.2 Å². The van der Waals surface area contributed by atoms with E-state index in [1.807, 2.05) is 54.8 Å². The van der Waals surface area contributed by atoms with Crippen LogP contribution in [0.3, 0.4) is 0 Å². The zero-order chi connectivity index (χ0) is 15.8. The van der Waals surface area contributed by atoms with Crippen LogP contribution in [0.15, 0.2) is 53.4 Å². The largest absolute Gasteiger partial charge is 0.497 e. The second-order valence-corrected chi connectivity index (χ2v) is 5.33. The number of nitrogens with one attached hydrogen (secondary N) is 1. The molecule has 0 aliphatic heterocycles. The Kier molecular flexibility index (Phi) is 6.15. The Morgan fingerprint density at radius 2 is 1.91 bits per heavy atom. The van der Waals surface area contributed by atoms with Crippen molar-refractivity contribution in [1.29, 1.82) is 0 Å². The van der Waals surface area contributed by atoms with Gasteiger partial charge in [0.15, 0.2) is 0 Å². The fourth-order valence-corrected chi connectivity index (χ4v) is 2.55. The fraction of sp³-hybridized carbons (Fsp3) is 0.235. The van der Waals surface area contributed by atoms with Gasteiger partial charge in [0, 0.05) is 11.0 Å². The first-order valence-corrected chi connectivity index (χ1v) is 8.15. The van der Waals surface area contributed by atoms with Gasteiger partial charge >= 0.3 is 0 Å². The zero-order valence-corrected chi connectivity index (χ0v) is 13.5. The Hall–Kier alpha value is -2.14. The Balaban J connectivity index is 1.82. The average molecular weight is 317 g/mol. The van der Waals surface area contributed by atoms with Crippen LogP contribution in [0.1, 0.15) is 10.4 Å². The lowest BCUT2D eigenvalue weighted by atomic mass is 10.2. The van der Waals surface area contributed by atoms with Gasteiger partial charge in [0.05, 0.1) is 19.2 Å². The summed E-state index contributed by atoms with van der Waals surface area (Å²) in [6.07, 6.45) is 1.96. The lowest BCUT2D eigenvalue weighted by Gasteiger charge is -2.10. The number of benzene rings is 2. The van der Waals surface area contributed by atoms with Gasteiger partial charge in [-0.3, -0.25) is 4.79 Å². The van der Waals surface area contributed by atoms with E-state index >= 15 is 0 Å². The van der Waals surface area contributed by atoms with Crippen LogP contribution < -0.4 is 14.8 Å². The topological polar surface area (TPSA) is 47.6 Å². The minimum Gasteiger partial charge on any atom is -0.497 e. The first-order chi connectivity index (χ1) is 10.7. The number of thioether (sulfide) groups is 1. The number of ether oxygens (including phenoxy) is 2. The summed E-state index contributed by atoms with van der Waals surface area (Å²) in [6.45, 7) is 0.846. The summed E-state index contributed by atoms with van der Waals surface area (Å²) in [5, 5.41) is 2.86. The molecule has 0 radical (unpaired) electrons. The van der Waals surface area contributed by atoms with E-state index in [1.165, 1.54) is 0 Å². The maximum absolute atomic E-state index is 12.1. The molecule has 0 bridgehead atoms. The van der Waals surface area contributed by atoms with Gasteiger partial charge in [0.25, 0.3) is 5.91 Å². The molecule has 0 spiro atoms. The molecule has 0 saturated heterocycles. The van der Waals surface area contributed by atoms with Gasteiger partial charge in [0.1, 0.15) is 18.1 Å². The van der Waals surface area contributed by atoms with E-state index in [-0.39, 0.29) is 5.91 Å². The number of carbonyl (C=O) groups is 1. The van der Waals surface area contributed by atoms with Gasteiger partial charge in [-0.15, -0.1) is 11.8 Å². The minimum absolute atomic E-state index is 0.0841. The molecule has 0 fully saturated rings. The summed E-state index contributed by atoms with van der Waals surface area (Å²) >= 11 is 1.56. The van der Waals surface area contributed by atoms with Crippen molar-refractivity contribution >= 4 is 17.7 Å². The molecule has 2 rings (SSSR count). The van der Waals surface area contributed by atoms with E-state index in [1.54, 1.807) is 18.9 Å². The van der Waals surface area contributed by atoms with Crippen molar-refractivity contribution in [2.45, 2.75) is 4.90 Å². The van der Waals surface area contributed by atoms with Crippen molar-refractivity contribution in [2.75, 3.05) is 26.5 Å². The molecule has 0 unspecified atom stereocenters. The van der Waals surface area contributed by atoms with E-state index in [2.05, 4.69) is 5.32 Å². The quantitative estimate of drug-likeness (QED) is 0.629. The zero-order valence-electron chi connectivity index (χ0n) is 12.7. The number of carbonyl (C=O) groups excluding carboxylic acids is 1. The molecule has 0 saturated carbocycles. The molecule has 22 heavy (non-hydrogen) atoms. The molecule has 0 aliphatic rings. The molecule has 5 heteroatoms. The molecule has 116 valence electrons. The predicted molar refractivity (Wildman–Crippen MR) is 89.0 cm³/mol. The molecule has 0 aromatic heterocycles. The molecule has 2 aromatic carbocycles. The first-order valence-electron chi connectivity index (χ1n) is 6.92. The van der Waals surface area contributed by atoms with E-state index < -0.39 is 0 Å². The molecule has 4 nitrogen and oxygen atoms in total. The maximum atomic E-state index is 12.1. The van der Waals surface area contributed by atoms with E-state index in [0.717, 1.165) is 16.4 Å². The highest BCUT2D eigenvalue weighted by molar-refractivity contribution is 7.98. The summed E-state index contributed by atoms with van der Waals surface area (Å²) in [4.78, 5) is 13.1. The Morgan fingerprint density at radius 3 is 2.68 bits per heavy atom. The van der Waals surface area contributed by atoms with Crippen molar-refractivity contribution < 1.29 is 14.3 Å². The van der Waals surface area contributed by atoms with Crippen LogP contribution in [0.2, 0.25) is 0 Å². The van der Waals surface area contributed by atoms with Crippen LogP contribution in [0, 0.1) is 0 Å². The molecule has 0 aliphatic carbocycles. The third kappa shape index (κ3) is 4.43. The summed E-state index contributed by atoms with van der Waals surface area (Å²) < 4.78 is 10.7. The highest BCUT2D eigenvalue weighted by Crippen LogP contribution is 2.20. The summed E-state index contributed by atoms with van der Waals surface area (Å²) in [5.41, 5.74) is 0.691. The maximum Gasteiger partial charge on any atom is 0.252 e. The van der Waals surface area contributed by atoms with Gasteiger partial charge in [-0.25, -0.2) is 0 Å². The second kappa shape index (κ2) is 8.34. The van der Waals surface area contributed by atoms with E-state index in [9.17, 15) is 4.79 Å². The van der Waals surface area contributed by atoms with Gasteiger partial charge in [-0.2, -0.15) is 0 Å². The molecular formula is C17H19NO3S. The van der Waals surface area contributed by atoms with Gasteiger partial charge < -0.3 is 14.8 Å². The highest BCUT2D eigenvalue weighted by Gasteiger charge is 2.09. The van der Waals surface area contributed by atoms with Crippen LogP contribution >= 0.6 is 11.8 Å². The summed E-state index contributed by atoms with van der Waals surface area (Å²) in [5.74, 6) is 1.38. The Labute approximate surface area is 134 Å². The predicted octanol–water partition coefficient (Wildman–Crippen LogP) is 3.23. The van der Waals surface area contributed by atoms with Crippen molar-refractivity contribution in [1.82, 2.24) is 5.32 Å². The van der Waals surface area contributed by atoms with Crippen molar-refractivity contribution in [3.8, 4) is 11.5 Å². The molecule has 0 atom stereocenters. The molecule has 0 heterocycles. The SMILES string of the molecule is COc1cccc(OCCNC(=O)c2ccccc2SC)c1. The lowest BCUT2D eigenvalue weighted by molar-refractivity contribution is 0.0944. The number of hydrogen-bond donors (Lipinski definition) is 1. The number of amides is 1. The van der Waals surface area contributed by atoms with E-state index in [0.29, 0.717) is 18.7 Å². The average Bonchev–Trinajstić information content (AvgIpc) is 2.58. The van der Waals surface area contributed by atoms with Crippen molar-refractivity contribution in [3.63, 3.8) is 0 Å². The van der Waals surface area contributed by atoms with Crippen LogP contribution in [-0.4, -0.2) is 32.4 Å². The van der Waals surface area contributed by atoms with Crippen LogP contribution in [-0.2, 0) is 0 Å². The van der Waals surface area contributed by atoms with E-state index in [4.69, 9.17) is 9.47 Å². The first kappa shape index (κ1) is 16.2. The lowest BCUT2D eigenvalue weighted by Crippen LogP contribution is -2.28. The van der Waals surface area contributed by atoms with Crippen LogP contribution in [0.5, 0.6) is 11.5 Å². The third-order valence-corrected chi connectivity index (χ3v) is 3.84. The fourth-order valence-electron chi connectivity index (χ4n) is 1.95. The van der Waals surface area contributed by atoms with Gasteiger partial charge in [-0.05, 0) is 30.5 Å². The standard InChI is InChI=1S/C17H19NO3S/c1-20-13-6-5-7-14(12-13)21-11-10-18-17(19)15-8-3-4-9-16(15)22-2/h3-9,12H,10-11H2,1-2H3,(H,18,19). The number of methoxy groups -OCH3 is 1. The molecule has 2 aromatic rings. The normalized spacial score (nSPS) is 10.1. The highest BCUT2D eigenvalue weighted by atomic mass is 32.2. The molecular weight excluding hydrogens is 298 g/mol. The summed E-state index contributed by atoms with van der Waals surface area (Å²) in [6, 6.07) is 14.9. The van der Waals surface area contributed by atoms with Crippen LogP contribution in [0.25, 0.3) is 0 Å². The number of hydrogen-bond acceptors (Lipinski definition) is 4.